The Balaban J connectivity index is 1.88. The van der Waals surface area contributed by atoms with E-state index in [9.17, 15) is 4.39 Å². The van der Waals surface area contributed by atoms with Gasteiger partial charge in [0, 0.05) is 12.3 Å². The van der Waals surface area contributed by atoms with Gasteiger partial charge in [-0.25, -0.2) is 4.39 Å². The number of likely N-dealkylation sites (tertiary alicyclic amines) is 1. The summed E-state index contributed by atoms with van der Waals surface area (Å²) < 4.78 is 12.7. The molecule has 1 fully saturated rings. The molecule has 2 heterocycles. The number of nitrogens with zero attached hydrogens (tertiary/aromatic N) is 3. The van der Waals surface area contributed by atoms with Gasteiger partial charge >= 0.3 is 0 Å². The summed E-state index contributed by atoms with van der Waals surface area (Å²) in [6.45, 7) is 1.94. The van der Waals surface area contributed by atoms with Crippen molar-refractivity contribution in [3.05, 3.63) is 35.9 Å². The molecule has 0 aliphatic carbocycles. The van der Waals surface area contributed by atoms with Crippen LogP contribution in [-0.4, -0.2) is 42.3 Å². The van der Waals surface area contributed by atoms with Gasteiger partial charge in [0.1, 0.15) is 5.82 Å². The van der Waals surface area contributed by atoms with Crippen LogP contribution in [-0.2, 0) is 0 Å². The lowest BCUT2D eigenvalue weighted by Crippen LogP contribution is -2.27. The van der Waals surface area contributed by atoms with Crippen molar-refractivity contribution in [3.8, 4) is 0 Å². The molecular formula is C14H19FN4. The van der Waals surface area contributed by atoms with E-state index >= 15 is 0 Å². The summed E-state index contributed by atoms with van der Waals surface area (Å²) in [6, 6.07) is 3.43. The third-order valence-corrected chi connectivity index (χ3v) is 3.37. The Morgan fingerprint density at radius 2 is 2.47 bits per heavy atom. The molecule has 102 valence electrons. The smallest absolute Gasteiger partial charge is 0.141 e. The van der Waals surface area contributed by atoms with Crippen LogP contribution in [0.3, 0.4) is 0 Å². The van der Waals surface area contributed by atoms with Crippen LogP contribution in [0.5, 0.6) is 0 Å². The number of aromatic nitrogens is 1. The number of hydrogen-bond acceptors (Lipinski definition) is 4. The standard InChI is InChI=1S/C14H19FN4/c1-19-8-2-3-12(19)10-17-7-6-13(16)14-5-4-11(15)9-18-14/h4-7,9,12H,2-3,8,10,16H2,1H3/b13-6-,17-7?/t12-/m0/s1. The monoisotopic (exact) mass is 262 g/mol. The van der Waals surface area contributed by atoms with E-state index < -0.39 is 0 Å². The Hall–Kier alpha value is -1.75. The molecule has 4 nitrogen and oxygen atoms in total. The van der Waals surface area contributed by atoms with Crippen molar-refractivity contribution in [2.45, 2.75) is 18.9 Å². The third kappa shape index (κ3) is 3.86. The van der Waals surface area contributed by atoms with Gasteiger partial charge < -0.3 is 10.6 Å². The van der Waals surface area contributed by atoms with Crippen molar-refractivity contribution in [1.29, 1.82) is 0 Å². The molecule has 0 bridgehead atoms. The quantitative estimate of drug-likeness (QED) is 0.840. The first-order valence-electron chi connectivity index (χ1n) is 6.44. The summed E-state index contributed by atoms with van der Waals surface area (Å²) in [4.78, 5) is 10.6. The Morgan fingerprint density at radius 1 is 1.63 bits per heavy atom. The molecule has 5 heteroatoms. The van der Waals surface area contributed by atoms with E-state index in [1.807, 2.05) is 0 Å². The number of allylic oxidation sites excluding steroid dienone is 1. The summed E-state index contributed by atoms with van der Waals surface area (Å²) in [6.07, 6.45) is 7.00. The van der Waals surface area contributed by atoms with Crippen molar-refractivity contribution in [2.75, 3.05) is 20.1 Å². The molecule has 0 amide bonds. The number of nitrogens with two attached hydrogens (primary N) is 1. The van der Waals surface area contributed by atoms with Crippen molar-refractivity contribution in [2.24, 2.45) is 10.7 Å². The Bertz CT molecular complexity index is 467. The largest absolute Gasteiger partial charge is 0.397 e. The van der Waals surface area contributed by atoms with Crippen LogP contribution in [0.1, 0.15) is 18.5 Å². The van der Waals surface area contributed by atoms with Gasteiger partial charge in [-0.3, -0.25) is 9.98 Å². The van der Waals surface area contributed by atoms with Crippen LogP contribution in [0.4, 0.5) is 4.39 Å². The topological polar surface area (TPSA) is 54.5 Å². The lowest BCUT2D eigenvalue weighted by Gasteiger charge is -2.16. The highest BCUT2D eigenvalue weighted by Crippen LogP contribution is 2.14. The summed E-state index contributed by atoms with van der Waals surface area (Å²) in [5.41, 5.74) is 6.89. The van der Waals surface area contributed by atoms with Gasteiger partial charge in [0.05, 0.1) is 24.1 Å². The summed E-state index contributed by atoms with van der Waals surface area (Å²) in [5.74, 6) is -0.366. The Kier molecular flexibility index (Phi) is 4.63. The zero-order valence-electron chi connectivity index (χ0n) is 11.1. The number of pyridine rings is 1. The van der Waals surface area contributed by atoms with E-state index in [0.29, 0.717) is 17.4 Å². The lowest BCUT2D eigenvalue weighted by molar-refractivity contribution is 0.318. The second kappa shape index (κ2) is 6.43. The minimum absolute atomic E-state index is 0.366. The number of aliphatic imine (C=N–C) groups is 1. The predicted octanol–water partition coefficient (Wildman–Crippen LogP) is 1.69. The van der Waals surface area contributed by atoms with Gasteiger partial charge in [0.15, 0.2) is 0 Å². The van der Waals surface area contributed by atoms with Gasteiger partial charge in [0.25, 0.3) is 0 Å². The molecule has 2 rings (SSSR count). The van der Waals surface area contributed by atoms with E-state index in [-0.39, 0.29) is 5.82 Å². The molecule has 0 saturated carbocycles. The molecule has 19 heavy (non-hydrogen) atoms. The van der Waals surface area contributed by atoms with Gasteiger partial charge in [-0.1, -0.05) is 0 Å². The van der Waals surface area contributed by atoms with Crippen LogP contribution in [0.15, 0.2) is 29.4 Å². The van der Waals surface area contributed by atoms with Crippen LogP contribution >= 0.6 is 0 Å². The molecular weight excluding hydrogens is 243 g/mol. The van der Waals surface area contributed by atoms with Crippen LogP contribution in [0.2, 0.25) is 0 Å². The second-order valence-corrected chi connectivity index (χ2v) is 4.77. The predicted molar refractivity (Wildman–Crippen MR) is 75.4 cm³/mol. The molecule has 1 aromatic rings. The Morgan fingerprint density at radius 3 is 3.11 bits per heavy atom. The number of likely N-dealkylation sites (N-methyl/N-ethyl adjacent to an activating group) is 1. The Labute approximate surface area is 112 Å². The van der Waals surface area contributed by atoms with E-state index in [2.05, 4.69) is 21.9 Å². The van der Waals surface area contributed by atoms with E-state index in [4.69, 9.17) is 5.73 Å². The third-order valence-electron chi connectivity index (χ3n) is 3.37. The van der Waals surface area contributed by atoms with Crippen molar-refractivity contribution >= 4 is 11.9 Å². The summed E-state index contributed by atoms with van der Waals surface area (Å²) in [7, 11) is 2.12. The van der Waals surface area contributed by atoms with Gasteiger partial charge in [-0.2, -0.15) is 0 Å². The van der Waals surface area contributed by atoms with Crippen molar-refractivity contribution in [1.82, 2.24) is 9.88 Å². The van der Waals surface area contributed by atoms with Gasteiger partial charge in [-0.05, 0) is 44.6 Å². The highest BCUT2D eigenvalue weighted by Gasteiger charge is 2.19. The van der Waals surface area contributed by atoms with E-state index in [1.54, 1.807) is 18.4 Å². The summed E-state index contributed by atoms with van der Waals surface area (Å²) >= 11 is 0. The maximum atomic E-state index is 12.7. The number of rotatable bonds is 4. The molecule has 1 aromatic heterocycles. The lowest BCUT2D eigenvalue weighted by atomic mass is 10.2. The highest BCUT2D eigenvalue weighted by molar-refractivity contribution is 5.82. The van der Waals surface area contributed by atoms with E-state index in [1.165, 1.54) is 18.9 Å². The van der Waals surface area contributed by atoms with E-state index in [0.717, 1.165) is 19.3 Å². The van der Waals surface area contributed by atoms with Crippen molar-refractivity contribution < 1.29 is 4.39 Å². The minimum atomic E-state index is -0.366. The average Bonchev–Trinajstić information content (AvgIpc) is 2.81. The van der Waals surface area contributed by atoms with Gasteiger partial charge in [-0.15, -0.1) is 0 Å². The average molecular weight is 262 g/mol. The van der Waals surface area contributed by atoms with Crippen LogP contribution in [0, 0.1) is 5.82 Å². The molecule has 2 N–H and O–H groups in total. The number of hydrogen-bond donors (Lipinski definition) is 1. The van der Waals surface area contributed by atoms with Gasteiger partial charge in [0.2, 0.25) is 0 Å². The molecule has 1 atom stereocenters. The summed E-state index contributed by atoms with van der Waals surface area (Å²) in [5, 5.41) is 0. The zero-order valence-corrected chi connectivity index (χ0v) is 11.1. The van der Waals surface area contributed by atoms with Crippen LogP contribution < -0.4 is 5.73 Å². The molecule has 0 spiro atoms. The zero-order chi connectivity index (χ0) is 13.7. The SMILES string of the molecule is CN1CCC[C@H]1CN=C/C=C(\N)c1ccc(F)cn1. The number of halogens is 1. The first-order chi connectivity index (χ1) is 9.16. The molecule has 0 radical (unpaired) electrons. The second-order valence-electron chi connectivity index (χ2n) is 4.77. The highest BCUT2D eigenvalue weighted by atomic mass is 19.1. The molecule has 0 aromatic carbocycles. The molecule has 1 aliphatic rings. The first-order valence-corrected chi connectivity index (χ1v) is 6.44. The van der Waals surface area contributed by atoms with Crippen LogP contribution in [0.25, 0.3) is 5.70 Å². The normalized spacial score (nSPS) is 21.4. The molecule has 0 unspecified atom stereocenters. The first kappa shape index (κ1) is 13.7. The van der Waals surface area contributed by atoms with Crippen molar-refractivity contribution in [3.63, 3.8) is 0 Å². The fraction of sp³-hybridized carbons (Fsp3) is 0.429. The molecule has 1 saturated heterocycles. The fourth-order valence-corrected chi connectivity index (χ4v) is 2.16. The molecule has 1 aliphatic heterocycles. The fourth-order valence-electron chi connectivity index (χ4n) is 2.16. The maximum Gasteiger partial charge on any atom is 0.141 e. The minimum Gasteiger partial charge on any atom is -0.397 e. The maximum absolute atomic E-state index is 12.7.